The van der Waals surface area contributed by atoms with Crippen molar-refractivity contribution < 1.29 is 13.9 Å². The lowest BCUT2D eigenvalue weighted by Gasteiger charge is -2.22. The summed E-state index contributed by atoms with van der Waals surface area (Å²) in [5.41, 5.74) is 0.870. The number of carbonyl (C=O) groups is 1. The SMILES string of the molecule is COC(=O)c1occc1CNC1CCSCC1. The summed E-state index contributed by atoms with van der Waals surface area (Å²) >= 11 is 2.00. The van der Waals surface area contributed by atoms with Gasteiger partial charge in [0, 0.05) is 18.2 Å². The molecule has 0 aliphatic carbocycles. The third-order valence-corrected chi connectivity index (χ3v) is 3.97. The molecule has 1 aromatic heterocycles. The zero-order valence-electron chi connectivity index (χ0n) is 9.90. The first-order valence-corrected chi connectivity index (χ1v) is 6.92. The zero-order chi connectivity index (χ0) is 12.1. The smallest absolute Gasteiger partial charge is 0.374 e. The minimum Gasteiger partial charge on any atom is -0.463 e. The van der Waals surface area contributed by atoms with Gasteiger partial charge in [-0.25, -0.2) is 4.79 Å². The molecule has 0 atom stereocenters. The average molecular weight is 255 g/mol. The van der Waals surface area contributed by atoms with Crippen molar-refractivity contribution in [3.63, 3.8) is 0 Å². The summed E-state index contributed by atoms with van der Waals surface area (Å²) in [4.78, 5) is 11.4. The molecule has 1 N–H and O–H groups in total. The van der Waals surface area contributed by atoms with E-state index in [2.05, 4.69) is 10.1 Å². The van der Waals surface area contributed by atoms with Crippen molar-refractivity contribution >= 4 is 17.7 Å². The fourth-order valence-corrected chi connectivity index (χ4v) is 3.01. The number of esters is 1. The van der Waals surface area contributed by atoms with Crippen molar-refractivity contribution in [2.45, 2.75) is 25.4 Å². The summed E-state index contributed by atoms with van der Waals surface area (Å²) in [7, 11) is 1.36. The van der Waals surface area contributed by atoms with Gasteiger partial charge in [-0.05, 0) is 30.4 Å². The van der Waals surface area contributed by atoms with Gasteiger partial charge in [-0.1, -0.05) is 0 Å². The topological polar surface area (TPSA) is 51.5 Å². The van der Waals surface area contributed by atoms with Crippen LogP contribution in [-0.2, 0) is 11.3 Å². The van der Waals surface area contributed by atoms with E-state index in [1.807, 2.05) is 17.8 Å². The van der Waals surface area contributed by atoms with Crippen LogP contribution in [0, 0.1) is 0 Å². The van der Waals surface area contributed by atoms with Crippen LogP contribution < -0.4 is 5.32 Å². The molecule has 0 unspecified atom stereocenters. The Hall–Kier alpha value is -0.940. The molecule has 1 saturated heterocycles. The van der Waals surface area contributed by atoms with Crippen LogP contribution >= 0.6 is 11.8 Å². The van der Waals surface area contributed by atoms with Gasteiger partial charge in [0.05, 0.1) is 13.4 Å². The van der Waals surface area contributed by atoms with Crippen molar-refractivity contribution in [2.75, 3.05) is 18.6 Å². The standard InChI is InChI=1S/C12H17NO3S/c1-15-12(14)11-9(2-5-16-11)8-13-10-3-6-17-7-4-10/h2,5,10,13H,3-4,6-8H2,1H3. The Balaban J connectivity index is 1.89. The van der Waals surface area contributed by atoms with Crippen molar-refractivity contribution in [1.82, 2.24) is 5.32 Å². The van der Waals surface area contributed by atoms with Crippen molar-refractivity contribution in [2.24, 2.45) is 0 Å². The highest BCUT2D eigenvalue weighted by Crippen LogP contribution is 2.18. The summed E-state index contributed by atoms with van der Waals surface area (Å²) in [6.45, 7) is 0.663. The van der Waals surface area contributed by atoms with Crippen LogP contribution in [0.4, 0.5) is 0 Å². The number of hydrogen-bond donors (Lipinski definition) is 1. The van der Waals surface area contributed by atoms with Gasteiger partial charge < -0.3 is 14.5 Å². The summed E-state index contributed by atoms with van der Waals surface area (Å²) in [5, 5.41) is 3.46. The van der Waals surface area contributed by atoms with Crippen molar-refractivity contribution in [3.8, 4) is 0 Å². The third kappa shape index (κ3) is 3.26. The molecule has 0 saturated carbocycles. The van der Waals surface area contributed by atoms with Crippen LogP contribution in [0.5, 0.6) is 0 Å². The fourth-order valence-electron chi connectivity index (χ4n) is 1.90. The van der Waals surface area contributed by atoms with Gasteiger partial charge >= 0.3 is 5.97 Å². The maximum Gasteiger partial charge on any atom is 0.374 e. The van der Waals surface area contributed by atoms with Crippen LogP contribution in [0.15, 0.2) is 16.7 Å². The normalized spacial score (nSPS) is 17.0. The van der Waals surface area contributed by atoms with E-state index < -0.39 is 5.97 Å². The summed E-state index contributed by atoms with van der Waals surface area (Å²) in [6.07, 6.45) is 3.91. The molecule has 0 aromatic carbocycles. The van der Waals surface area contributed by atoms with E-state index in [0.717, 1.165) is 5.56 Å². The molecule has 0 amide bonds. The second-order valence-electron chi connectivity index (χ2n) is 4.03. The Morgan fingerprint density at radius 2 is 2.35 bits per heavy atom. The van der Waals surface area contributed by atoms with Crippen molar-refractivity contribution in [3.05, 3.63) is 23.7 Å². The Kier molecular flexibility index (Phi) is 4.50. The maximum atomic E-state index is 11.4. The highest BCUT2D eigenvalue weighted by atomic mass is 32.2. The Morgan fingerprint density at radius 3 is 3.06 bits per heavy atom. The van der Waals surface area contributed by atoms with Gasteiger partial charge in [-0.3, -0.25) is 0 Å². The number of furan rings is 1. The number of rotatable bonds is 4. The minimum atomic E-state index is -0.411. The monoisotopic (exact) mass is 255 g/mol. The first kappa shape index (κ1) is 12.5. The number of thioether (sulfide) groups is 1. The molecule has 5 heteroatoms. The van der Waals surface area contributed by atoms with E-state index in [4.69, 9.17) is 4.42 Å². The molecule has 17 heavy (non-hydrogen) atoms. The van der Waals surface area contributed by atoms with E-state index >= 15 is 0 Å². The van der Waals surface area contributed by atoms with Crippen LogP contribution in [0.1, 0.15) is 29.0 Å². The molecule has 1 aliphatic heterocycles. The zero-order valence-corrected chi connectivity index (χ0v) is 10.7. The lowest BCUT2D eigenvalue weighted by molar-refractivity contribution is 0.0563. The summed E-state index contributed by atoms with van der Waals surface area (Å²) in [6, 6.07) is 2.37. The highest BCUT2D eigenvalue weighted by molar-refractivity contribution is 7.99. The first-order chi connectivity index (χ1) is 8.31. The third-order valence-electron chi connectivity index (χ3n) is 2.92. The van der Waals surface area contributed by atoms with Crippen LogP contribution in [-0.4, -0.2) is 30.6 Å². The number of carbonyl (C=O) groups excluding carboxylic acids is 1. The number of hydrogen-bond acceptors (Lipinski definition) is 5. The van der Waals surface area contributed by atoms with E-state index in [-0.39, 0.29) is 0 Å². The summed E-state index contributed by atoms with van der Waals surface area (Å²) in [5.74, 6) is 2.33. The quantitative estimate of drug-likeness (QED) is 0.834. The lowest BCUT2D eigenvalue weighted by atomic mass is 10.1. The Labute approximate surface area is 105 Å². The molecule has 0 bridgehead atoms. The predicted octanol–water partition coefficient (Wildman–Crippen LogP) is 2.05. The molecular formula is C12H17NO3S. The van der Waals surface area contributed by atoms with E-state index in [1.54, 1.807) is 0 Å². The van der Waals surface area contributed by atoms with Crippen LogP contribution in [0.2, 0.25) is 0 Å². The Bertz CT molecular complexity index is 372. The van der Waals surface area contributed by atoms with Crippen LogP contribution in [0.3, 0.4) is 0 Å². The number of methoxy groups -OCH3 is 1. The average Bonchev–Trinajstić information content (AvgIpc) is 2.85. The first-order valence-electron chi connectivity index (χ1n) is 5.77. The molecule has 0 radical (unpaired) electrons. The van der Waals surface area contributed by atoms with Gasteiger partial charge in [-0.2, -0.15) is 11.8 Å². The fraction of sp³-hybridized carbons (Fsp3) is 0.583. The second kappa shape index (κ2) is 6.12. The minimum absolute atomic E-state index is 0.310. The molecule has 1 aromatic rings. The maximum absolute atomic E-state index is 11.4. The van der Waals surface area contributed by atoms with E-state index in [9.17, 15) is 4.79 Å². The molecule has 1 fully saturated rings. The molecule has 94 valence electrons. The highest BCUT2D eigenvalue weighted by Gasteiger charge is 2.18. The van der Waals surface area contributed by atoms with E-state index in [0.29, 0.717) is 18.3 Å². The molecular weight excluding hydrogens is 238 g/mol. The van der Waals surface area contributed by atoms with Gasteiger partial charge in [0.2, 0.25) is 5.76 Å². The number of nitrogens with one attached hydrogen (secondary N) is 1. The second-order valence-corrected chi connectivity index (χ2v) is 5.26. The number of ether oxygens (including phenoxy) is 1. The molecule has 2 rings (SSSR count). The summed E-state index contributed by atoms with van der Waals surface area (Å²) < 4.78 is 9.80. The molecule has 4 nitrogen and oxygen atoms in total. The molecule has 1 aliphatic rings. The van der Waals surface area contributed by atoms with E-state index in [1.165, 1.54) is 37.7 Å². The predicted molar refractivity (Wildman–Crippen MR) is 67.2 cm³/mol. The van der Waals surface area contributed by atoms with Gasteiger partial charge in [0.25, 0.3) is 0 Å². The molecule has 2 heterocycles. The van der Waals surface area contributed by atoms with Gasteiger partial charge in [-0.15, -0.1) is 0 Å². The van der Waals surface area contributed by atoms with Crippen LogP contribution in [0.25, 0.3) is 0 Å². The van der Waals surface area contributed by atoms with Gasteiger partial charge in [0.1, 0.15) is 0 Å². The van der Waals surface area contributed by atoms with Crippen molar-refractivity contribution in [1.29, 1.82) is 0 Å². The Morgan fingerprint density at radius 1 is 1.59 bits per heavy atom. The lowest BCUT2D eigenvalue weighted by Crippen LogP contribution is -2.32. The molecule has 0 spiro atoms. The largest absolute Gasteiger partial charge is 0.463 e. The van der Waals surface area contributed by atoms with Gasteiger partial charge in [0.15, 0.2) is 0 Å².